The van der Waals surface area contributed by atoms with E-state index in [1.165, 1.54) is 6.21 Å². The number of amides is 2. The minimum Gasteiger partial charge on any atom is -0.385 e. The third-order valence-corrected chi connectivity index (χ3v) is 6.94. The Hall–Kier alpha value is -4.16. The van der Waals surface area contributed by atoms with Gasteiger partial charge in [-0.3, -0.25) is 19.5 Å². The number of allylic oxidation sites excluding steroid dienone is 4. The first-order valence-corrected chi connectivity index (χ1v) is 13.0. The fourth-order valence-electron chi connectivity index (χ4n) is 4.59. The van der Waals surface area contributed by atoms with E-state index in [4.69, 9.17) is 15.7 Å². The highest BCUT2D eigenvalue weighted by Gasteiger charge is 2.23. The number of pyridine rings is 1. The van der Waals surface area contributed by atoms with Crippen LogP contribution in [0.1, 0.15) is 31.9 Å². The molecule has 0 aliphatic carbocycles. The van der Waals surface area contributed by atoms with Gasteiger partial charge in [-0.15, -0.1) is 0 Å². The normalized spacial score (nSPS) is 22.5. The van der Waals surface area contributed by atoms with Crippen LogP contribution in [0.5, 0.6) is 0 Å². The molecule has 2 atom stereocenters. The lowest BCUT2D eigenvalue weighted by Gasteiger charge is -2.20. The second-order valence-corrected chi connectivity index (χ2v) is 9.74. The van der Waals surface area contributed by atoms with Gasteiger partial charge in [-0.2, -0.15) is 5.11 Å². The van der Waals surface area contributed by atoms with Crippen molar-refractivity contribution >= 4 is 29.4 Å². The highest BCUT2D eigenvalue weighted by molar-refractivity contribution is 6.05. The van der Waals surface area contributed by atoms with Crippen LogP contribution in [-0.2, 0) is 14.3 Å². The zero-order valence-corrected chi connectivity index (χ0v) is 22.2. The molecule has 3 aliphatic rings. The van der Waals surface area contributed by atoms with E-state index in [1.807, 2.05) is 0 Å². The maximum Gasteiger partial charge on any atom is 0.278 e. The first kappa shape index (κ1) is 27.9. The summed E-state index contributed by atoms with van der Waals surface area (Å²) in [7, 11) is 0. The average molecular weight is 534 g/mol. The minimum absolute atomic E-state index is 0.125. The molecule has 1 unspecified atom stereocenters. The molecule has 6 N–H and O–H groups in total. The maximum atomic E-state index is 13.0. The summed E-state index contributed by atoms with van der Waals surface area (Å²) in [5.41, 5.74) is 10.6. The van der Waals surface area contributed by atoms with E-state index in [0.29, 0.717) is 47.5 Å². The predicted octanol–water partition coefficient (Wildman–Crippen LogP) is 2.95. The zero-order valence-electron chi connectivity index (χ0n) is 22.2. The topological polar surface area (TPSA) is 168 Å². The third kappa shape index (κ3) is 7.24. The molecule has 2 amide bonds. The maximum absolute atomic E-state index is 13.0. The van der Waals surface area contributed by atoms with E-state index in [0.717, 1.165) is 38.0 Å². The molecule has 1 aromatic heterocycles. The SMILES string of the molecule is Cc1ncc(NC(=O)CN2CCC[C@H]2C)cc1NC(=O)/C(N=N)=C1\C=CC(/C(C=N)=C/NC2CCOC2)=CN1. The quantitative estimate of drug-likeness (QED) is 0.153. The first-order valence-electron chi connectivity index (χ1n) is 13.0. The highest BCUT2D eigenvalue weighted by atomic mass is 16.5. The minimum atomic E-state index is -0.598. The van der Waals surface area contributed by atoms with Crippen molar-refractivity contribution in [1.29, 1.82) is 10.9 Å². The molecule has 12 heteroatoms. The van der Waals surface area contributed by atoms with Crippen LogP contribution in [0.2, 0.25) is 0 Å². The summed E-state index contributed by atoms with van der Waals surface area (Å²) in [4.78, 5) is 32.0. The lowest BCUT2D eigenvalue weighted by molar-refractivity contribution is -0.117. The number of nitrogens with one attached hydrogen (secondary N) is 6. The third-order valence-electron chi connectivity index (χ3n) is 6.94. The number of rotatable bonds is 10. The van der Waals surface area contributed by atoms with Crippen LogP contribution in [0.4, 0.5) is 11.4 Å². The molecule has 0 radical (unpaired) electrons. The molecule has 0 saturated carbocycles. The smallest absolute Gasteiger partial charge is 0.278 e. The zero-order chi connectivity index (χ0) is 27.8. The first-order chi connectivity index (χ1) is 18.9. The summed E-state index contributed by atoms with van der Waals surface area (Å²) in [5.74, 6) is -0.737. The Morgan fingerprint density at radius 1 is 1.31 bits per heavy atom. The van der Waals surface area contributed by atoms with Crippen molar-refractivity contribution in [3.05, 3.63) is 65.0 Å². The van der Waals surface area contributed by atoms with Gasteiger partial charge in [0.15, 0.2) is 5.70 Å². The van der Waals surface area contributed by atoms with Gasteiger partial charge in [-0.25, -0.2) is 5.53 Å². The van der Waals surface area contributed by atoms with Crippen LogP contribution in [0.15, 0.2) is 64.5 Å². The molecule has 2 saturated heterocycles. The van der Waals surface area contributed by atoms with Gasteiger partial charge in [0.2, 0.25) is 5.91 Å². The van der Waals surface area contributed by atoms with Crippen molar-refractivity contribution < 1.29 is 14.3 Å². The monoisotopic (exact) mass is 533 g/mol. The van der Waals surface area contributed by atoms with E-state index in [-0.39, 0.29) is 17.6 Å². The molecule has 206 valence electrons. The number of ether oxygens (including phenoxy) is 1. The second-order valence-electron chi connectivity index (χ2n) is 9.74. The Kier molecular flexibility index (Phi) is 9.34. The number of hydrogen-bond donors (Lipinski definition) is 6. The van der Waals surface area contributed by atoms with Crippen molar-refractivity contribution in [3.63, 3.8) is 0 Å². The van der Waals surface area contributed by atoms with E-state index in [1.54, 1.807) is 43.7 Å². The largest absolute Gasteiger partial charge is 0.385 e. The molecule has 2 fully saturated rings. The lowest BCUT2D eigenvalue weighted by Crippen LogP contribution is -2.35. The van der Waals surface area contributed by atoms with E-state index in [9.17, 15) is 9.59 Å². The van der Waals surface area contributed by atoms with Gasteiger partial charge in [-0.05, 0) is 51.8 Å². The fourth-order valence-corrected chi connectivity index (χ4v) is 4.59. The molecule has 4 rings (SSSR count). The van der Waals surface area contributed by atoms with Gasteiger partial charge in [-0.1, -0.05) is 6.08 Å². The fraction of sp³-hybridized carbons (Fsp3) is 0.407. The molecule has 3 aliphatic heterocycles. The van der Waals surface area contributed by atoms with E-state index in [2.05, 4.69) is 43.2 Å². The summed E-state index contributed by atoms with van der Waals surface area (Å²) in [6.07, 6.45) is 12.7. The molecule has 4 heterocycles. The van der Waals surface area contributed by atoms with E-state index < -0.39 is 5.91 Å². The summed E-state index contributed by atoms with van der Waals surface area (Å²) >= 11 is 0. The van der Waals surface area contributed by atoms with Crippen molar-refractivity contribution in [3.8, 4) is 0 Å². The molecule has 0 bridgehead atoms. The Labute approximate surface area is 227 Å². The second kappa shape index (κ2) is 13.1. The van der Waals surface area contributed by atoms with Gasteiger partial charge in [0.25, 0.3) is 5.91 Å². The van der Waals surface area contributed by atoms with Crippen molar-refractivity contribution in [2.75, 3.05) is 36.9 Å². The van der Waals surface area contributed by atoms with Gasteiger partial charge in [0.05, 0.1) is 48.2 Å². The van der Waals surface area contributed by atoms with Gasteiger partial charge < -0.3 is 31.4 Å². The molecule has 0 spiro atoms. The van der Waals surface area contributed by atoms with Gasteiger partial charge in [0, 0.05) is 42.4 Å². The van der Waals surface area contributed by atoms with E-state index >= 15 is 0 Å². The van der Waals surface area contributed by atoms with Crippen molar-refractivity contribution in [2.24, 2.45) is 5.11 Å². The molecule has 0 aromatic carbocycles. The number of carbonyl (C=O) groups excluding carboxylic acids is 2. The molecular formula is C27H35N9O3. The number of hydrogen-bond acceptors (Lipinski definition) is 10. The number of aromatic nitrogens is 1. The summed E-state index contributed by atoms with van der Waals surface area (Å²) in [6.45, 7) is 6.42. The standard InChI is InChI=1S/C27H35N9O3/c1-17-4-3-8-36(17)15-25(37)33-22-10-24(18(2)30-14-22)34-27(38)26(35-29)23-6-5-19(12-32-23)20(11-28)13-31-21-7-9-39-16-21/h5-6,10-14,17,21,28-29,31-32H,3-4,7-9,15-16H2,1-2H3,(H,33,37)(H,34,38)/b20-13+,26-23-,28-11?,35-29?/t17-,21?/m1/s1. The summed E-state index contributed by atoms with van der Waals surface area (Å²) in [6, 6.07) is 2.24. The van der Waals surface area contributed by atoms with Crippen LogP contribution in [0.25, 0.3) is 0 Å². The Morgan fingerprint density at radius 2 is 2.15 bits per heavy atom. The average Bonchev–Trinajstić information content (AvgIpc) is 3.59. The van der Waals surface area contributed by atoms with Crippen molar-refractivity contribution in [2.45, 2.75) is 45.2 Å². The number of carbonyl (C=O) groups is 2. The number of likely N-dealkylation sites (tertiary alicyclic amines) is 1. The van der Waals surface area contributed by atoms with Crippen LogP contribution in [-0.4, -0.2) is 66.3 Å². The van der Waals surface area contributed by atoms with Crippen LogP contribution in [0, 0.1) is 17.9 Å². The number of aryl methyl sites for hydroxylation is 1. The van der Waals surface area contributed by atoms with Gasteiger partial charge in [0.1, 0.15) is 0 Å². The molecule has 39 heavy (non-hydrogen) atoms. The Bertz CT molecular complexity index is 1240. The Morgan fingerprint density at radius 3 is 2.79 bits per heavy atom. The van der Waals surface area contributed by atoms with Crippen LogP contribution < -0.4 is 21.3 Å². The lowest BCUT2D eigenvalue weighted by atomic mass is 10.1. The predicted molar refractivity (Wildman–Crippen MR) is 148 cm³/mol. The summed E-state index contributed by atoms with van der Waals surface area (Å²) < 4.78 is 5.36. The van der Waals surface area contributed by atoms with Gasteiger partial charge >= 0.3 is 0 Å². The molecule has 1 aromatic rings. The number of anilines is 2. The molecule has 12 nitrogen and oxygen atoms in total. The highest BCUT2D eigenvalue weighted by Crippen LogP contribution is 2.22. The Balaban J connectivity index is 1.40. The molecular weight excluding hydrogens is 498 g/mol. The van der Waals surface area contributed by atoms with Crippen LogP contribution >= 0.6 is 0 Å². The van der Waals surface area contributed by atoms with Crippen molar-refractivity contribution in [1.82, 2.24) is 20.5 Å². The number of dihydropyridines is 1. The van der Waals surface area contributed by atoms with Crippen LogP contribution in [0.3, 0.4) is 0 Å². The number of nitrogens with zero attached hydrogens (tertiary/aromatic N) is 3. The summed E-state index contributed by atoms with van der Waals surface area (Å²) in [5, 5.41) is 23.1.